The Balaban J connectivity index is 2.39. The van der Waals surface area contributed by atoms with Crippen LogP contribution in [0.4, 0.5) is 4.39 Å². The summed E-state index contributed by atoms with van der Waals surface area (Å²) >= 11 is 0. The average molecular weight is 239 g/mol. The van der Waals surface area contributed by atoms with Gasteiger partial charge in [-0.25, -0.2) is 4.39 Å². The van der Waals surface area contributed by atoms with Gasteiger partial charge in [-0.3, -0.25) is 0 Å². The fourth-order valence-electron chi connectivity index (χ4n) is 1.99. The van der Waals surface area contributed by atoms with E-state index in [-0.39, 0.29) is 12.5 Å². The molecular weight excluding hydrogens is 221 g/mol. The van der Waals surface area contributed by atoms with Crippen LogP contribution in [-0.2, 0) is 5.67 Å². The van der Waals surface area contributed by atoms with Crippen LogP contribution in [0.3, 0.4) is 0 Å². The molecule has 3 nitrogen and oxygen atoms in total. The number of hydrogen-bond donors (Lipinski definition) is 1. The standard InChI is InChI=1S/C13H18FNO2/c1-9(2)13(14,8-15)10-3-4-11-12(7-10)17-6-5-16-11/h3-4,7,9H,5-6,8,15H2,1-2H3. The molecule has 1 aliphatic rings. The highest BCUT2D eigenvalue weighted by atomic mass is 19.1. The number of halogens is 1. The molecule has 0 saturated carbocycles. The summed E-state index contributed by atoms with van der Waals surface area (Å²) in [6, 6.07) is 5.16. The van der Waals surface area contributed by atoms with Crippen LogP contribution in [0, 0.1) is 5.92 Å². The number of benzene rings is 1. The molecule has 17 heavy (non-hydrogen) atoms. The van der Waals surface area contributed by atoms with Gasteiger partial charge in [0.2, 0.25) is 0 Å². The third-order valence-corrected chi connectivity index (χ3v) is 3.23. The van der Waals surface area contributed by atoms with E-state index in [1.54, 1.807) is 18.2 Å². The van der Waals surface area contributed by atoms with E-state index in [9.17, 15) is 4.39 Å². The monoisotopic (exact) mass is 239 g/mol. The van der Waals surface area contributed by atoms with Gasteiger partial charge in [-0.2, -0.15) is 0 Å². The first-order chi connectivity index (χ1) is 8.08. The molecule has 1 heterocycles. The van der Waals surface area contributed by atoms with Gasteiger partial charge >= 0.3 is 0 Å². The van der Waals surface area contributed by atoms with E-state index in [4.69, 9.17) is 15.2 Å². The van der Waals surface area contributed by atoms with Crippen LogP contribution >= 0.6 is 0 Å². The Morgan fingerprint density at radius 2 is 1.94 bits per heavy atom. The van der Waals surface area contributed by atoms with Crippen molar-refractivity contribution >= 4 is 0 Å². The zero-order valence-corrected chi connectivity index (χ0v) is 10.2. The minimum atomic E-state index is -1.52. The lowest BCUT2D eigenvalue weighted by atomic mass is 9.85. The van der Waals surface area contributed by atoms with Crippen LogP contribution < -0.4 is 15.2 Å². The lowest BCUT2D eigenvalue weighted by Crippen LogP contribution is -2.35. The predicted molar refractivity (Wildman–Crippen MR) is 64.1 cm³/mol. The van der Waals surface area contributed by atoms with Crippen molar-refractivity contribution in [2.24, 2.45) is 11.7 Å². The van der Waals surface area contributed by atoms with Gasteiger partial charge in [-0.15, -0.1) is 0 Å². The molecular formula is C13H18FNO2. The first-order valence-corrected chi connectivity index (χ1v) is 5.87. The van der Waals surface area contributed by atoms with Gasteiger partial charge in [-0.1, -0.05) is 19.9 Å². The maximum Gasteiger partial charge on any atom is 0.161 e. The second kappa shape index (κ2) is 4.53. The predicted octanol–water partition coefficient (Wildman–Crippen LogP) is 2.24. The van der Waals surface area contributed by atoms with Crippen molar-refractivity contribution in [1.82, 2.24) is 0 Å². The number of hydrogen-bond acceptors (Lipinski definition) is 3. The molecule has 0 amide bonds. The third-order valence-electron chi connectivity index (χ3n) is 3.23. The van der Waals surface area contributed by atoms with Crippen molar-refractivity contribution in [2.45, 2.75) is 19.5 Å². The molecule has 94 valence electrons. The highest BCUT2D eigenvalue weighted by Gasteiger charge is 2.35. The maximum absolute atomic E-state index is 14.7. The van der Waals surface area contributed by atoms with Gasteiger partial charge < -0.3 is 15.2 Å². The summed E-state index contributed by atoms with van der Waals surface area (Å²) in [4.78, 5) is 0. The molecule has 1 aromatic carbocycles. The van der Waals surface area contributed by atoms with Crippen LogP contribution in [0.5, 0.6) is 11.5 Å². The fourth-order valence-corrected chi connectivity index (χ4v) is 1.99. The summed E-state index contributed by atoms with van der Waals surface area (Å²) in [5.74, 6) is 1.09. The molecule has 2 rings (SSSR count). The number of alkyl halides is 1. The molecule has 1 aliphatic heterocycles. The van der Waals surface area contributed by atoms with Crippen LogP contribution in [0.1, 0.15) is 19.4 Å². The first kappa shape index (κ1) is 12.2. The molecule has 0 radical (unpaired) electrons. The minimum absolute atomic E-state index is 0.0374. The van der Waals surface area contributed by atoms with Gasteiger partial charge in [0, 0.05) is 6.54 Å². The summed E-state index contributed by atoms with van der Waals surface area (Å²) in [6.07, 6.45) is 0. The van der Waals surface area contributed by atoms with Crippen molar-refractivity contribution in [3.05, 3.63) is 23.8 Å². The minimum Gasteiger partial charge on any atom is -0.486 e. The largest absolute Gasteiger partial charge is 0.486 e. The average Bonchev–Trinajstić information content (AvgIpc) is 2.37. The highest BCUT2D eigenvalue weighted by Crippen LogP contribution is 2.39. The molecule has 0 saturated heterocycles. The molecule has 0 bridgehead atoms. The van der Waals surface area contributed by atoms with Crippen LogP contribution in [0.2, 0.25) is 0 Å². The second-order valence-corrected chi connectivity index (χ2v) is 4.58. The first-order valence-electron chi connectivity index (χ1n) is 5.87. The fraction of sp³-hybridized carbons (Fsp3) is 0.538. The third kappa shape index (κ3) is 2.09. The topological polar surface area (TPSA) is 44.5 Å². The normalized spacial score (nSPS) is 17.9. The number of nitrogens with two attached hydrogens (primary N) is 1. The second-order valence-electron chi connectivity index (χ2n) is 4.58. The molecule has 2 N–H and O–H groups in total. The summed E-state index contributed by atoms with van der Waals surface area (Å²) in [5.41, 5.74) is 4.61. The molecule has 1 unspecified atom stereocenters. The molecule has 0 fully saturated rings. The SMILES string of the molecule is CC(C)C(F)(CN)c1ccc2c(c1)OCCO2. The Morgan fingerprint density at radius 3 is 2.53 bits per heavy atom. The Labute approximate surface area is 101 Å². The van der Waals surface area contributed by atoms with E-state index >= 15 is 0 Å². The van der Waals surface area contributed by atoms with Crippen LogP contribution in [0.15, 0.2) is 18.2 Å². The van der Waals surface area contributed by atoms with Crippen molar-refractivity contribution in [3.63, 3.8) is 0 Å². The van der Waals surface area contributed by atoms with Gasteiger partial charge in [0.25, 0.3) is 0 Å². The highest BCUT2D eigenvalue weighted by molar-refractivity contribution is 5.45. The lowest BCUT2D eigenvalue weighted by molar-refractivity contribution is 0.107. The molecule has 1 aromatic rings. The van der Waals surface area contributed by atoms with E-state index < -0.39 is 5.67 Å². The Morgan fingerprint density at radius 1 is 1.29 bits per heavy atom. The van der Waals surface area contributed by atoms with E-state index in [0.29, 0.717) is 30.3 Å². The van der Waals surface area contributed by atoms with Crippen molar-refractivity contribution in [2.75, 3.05) is 19.8 Å². The number of fused-ring (bicyclic) bond motifs is 1. The molecule has 1 atom stereocenters. The lowest BCUT2D eigenvalue weighted by Gasteiger charge is -2.29. The van der Waals surface area contributed by atoms with Crippen LogP contribution in [0.25, 0.3) is 0 Å². The van der Waals surface area contributed by atoms with Gasteiger partial charge in [0.15, 0.2) is 17.2 Å². The van der Waals surface area contributed by atoms with Gasteiger partial charge in [-0.05, 0) is 23.6 Å². The van der Waals surface area contributed by atoms with Crippen LogP contribution in [-0.4, -0.2) is 19.8 Å². The molecule has 0 aromatic heterocycles. The van der Waals surface area contributed by atoms with E-state index in [0.717, 1.165) is 0 Å². The zero-order valence-electron chi connectivity index (χ0n) is 10.2. The van der Waals surface area contributed by atoms with Crippen molar-refractivity contribution < 1.29 is 13.9 Å². The summed E-state index contributed by atoms with van der Waals surface area (Å²) in [6.45, 7) is 4.64. The smallest absolute Gasteiger partial charge is 0.161 e. The van der Waals surface area contributed by atoms with E-state index in [1.807, 2.05) is 13.8 Å². The molecule has 4 heteroatoms. The Bertz CT molecular complexity index is 408. The Hall–Kier alpha value is -1.29. The number of rotatable bonds is 3. The quantitative estimate of drug-likeness (QED) is 0.879. The summed E-state index contributed by atoms with van der Waals surface area (Å²) < 4.78 is 25.6. The van der Waals surface area contributed by atoms with E-state index in [1.165, 1.54) is 0 Å². The summed E-state index contributed by atoms with van der Waals surface area (Å²) in [5, 5.41) is 0. The van der Waals surface area contributed by atoms with Gasteiger partial charge in [0.05, 0.1) is 0 Å². The number of ether oxygens (including phenoxy) is 2. The molecule has 0 spiro atoms. The van der Waals surface area contributed by atoms with Crippen molar-refractivity contribution in [3.8, 4) is 11.5 Å². The Kier molecular flexibility index (Phi) is 3.24. The zero-order chi connectivity index (χ0) is 12.5. The van der Waals surface area contributed by atoms with E-state index in [2.05, 4.69) is 0 Å². The van der Waals surface area contributed by atoms with Crippen molar-refractivity contribution in [1.29, 1.82) is 0 Å². The molecule has 0 aliphatic carbocycles. The summed E-state index contributed by atoms with van der Waals surface area (Å²) in [7, 11) is 0. The van der Waals surface area contributed by atoms with Gasteiger partial charge in [0.1, 0.15) is 13.2 Å². The maximum atomic E-state index is 14.7.